The minimum absolute atomic E-state index is 0.249. The largest absolute Gasteiger partial charge is 0.463 e. The lowest BCUT2D eigenvalue weighted by Crippen LogP contribution is -2.29. The number of nitrogens with two attached hydrogens (primary N) is 1. The molecule has 2 atom stereocenters. The Morgan fingerprint density at radius 1 is 1.40 bits per heavy atom. The van der Waals surface area contributed by atoms with Crippen LogP contribution in [-0.4, -0.2) is 11.1 Å². The molecule has 1 aromatic rings. The molecule has 1 heterocycles. The van der Waals surface area contributed by atoms with Crippen LogP contribution in [0.1, 0.15) is 44.8 Å². The molecule has 86 valence electrons. The van der Waals surface area contributed by atoms with Crippen LogP contribution in [0.25, 0.3) is 0 Å². The summed E-state index contributed by atoms with van der Waals surface area (Å²) < 4.78 is 5.47. The molecule has 0 aromatic carbocycles. The van der Waals surface area contributed by atoms with E-state index in [2.05, 4.69) is 13.8 Å². The van der Waals surface area contributed by atoms with Crippen LogP contribution in [0.2, 0.25) is 0 Å². The number of aliphatic hydroxyl groups is 1. The molecule has 0 bridgehead atoms. The first-order valence-corrected chi connectivity index (χ1v) is 5.56. The van der Waals surface area contributed by atoms with Crippen molar-refractivity contribution in [3.63, 3.8) is 0 Å². The van der Waals surface area contributed by atoms with Gasteiger partial charge >= 0.3 is 0 Å². The molecular formula is C12H21NO2. The van der Waals surface area contributed by atoms with E-state index in [1.54, 1.807) is 0 Å². The van der Waals surface area contributed by atoms with Gasteiger partial charge in [-0.1, -0.05) is 20.8 Å². The van der Waals surface area contributed by atoms with Crippen LogP contribution < -0.4 is 5.73 Å². The second kappa shape index (κ2) is 5.33. The first-order valence-electron chi connectivity index (χ1n) is 5.56. The molecule has 15 heavy (non-hydrogen) atoms. The molecule has 0 saturated carbocycles. The molecule has 0 aliphatic rings. The van der Waals surface area contributed by atoms with E-state index in [0.717, 1.165) is 18.6 Å². The van der Waals surface area contributed by atoms with Gasteiger partial charge in [-0.2, -0.15) is 0 Å². The highest BCUT2D eigenvalue weighted by Gasteiger charge is 2.20. The molecule has 3 N–H and O–H groups in total. The van der Waals surface area contributed by atoms with Gasteiger partial charge in [0.25, 0.3) is 0 Å². The second-order valence-electron chi connectivity index (χ2n) is 4.40. The maximum absolute atomic E-state index is 9.93. The van der Waals surface area contributed by atoms with E-state index in [0.29, 0.717) is 11.7 Å². The number of aliphatic hydroxyl groups excluding tert-OH is 1. The lowest BCUT2D eigenvalue weighted by Gasteiger charge is -2.18. The summed E-state index contributed by atoms with van der Waals surface area (Å²) in [5.41, 5.74) is 5.89. The third kappa shape index (κ3) is 3.36. The number of aryl methyl sites for hydroxylation is 1. The van der Waals surface area contributed by atoms with Gasteiger partial charge in [-0.15, -0.1) is 0 Å². The van der Waals surface area contributed by atoms with Crippen LogP contribution in [0.4, 0.5) is 0 Å². The maximum Gasteiger partial charge on any atom is 0.134 e. The molecule has 3 nitrogen and oxygen atoms in total. The summed E-state index contributed by atoms with van der Waals surface area (Å²) in [5.74, 6) is 1.95. The van der Waals surface area contributed by atoms with E-state index in [1.165, 1.54) is 0 Å². The van der Waals surface area contributed by atoms with Crippen molar-refractivity contribution in [1.82, 2.24) is 0 Å². The van der Waals surface area contributed by atoms with Crippen molar-refractivity contribution in [2.24, 2.45) is 11.7 Å². The summed E-state index contributed by atoms with van der Waals surface area (Å²) in [5, 5.41) is 9.93. The highest BCUT2D eigenvalue weighted by molar-refractivity contribution is 5.10. The van der Waals surface area contributed by atoms with Crippen molar-refractivity contribution < 1.29 is 9.52 Å². The minimum atomic E-state index is -0.687. The lowest BCUT2D eigenvalue weighted by molar-refractivity contribution is 0.111. The Balaban J connectivity index is 2.62. The number of hydrogen-bond donors (Lipinski definition) is 2. The number of furan rings is 1. The molecule has 1 rings (SSSR count). The topological polar surface area (TPSA) is 59.4 Å². The fraction of sp³-hybridized carbons (Fsp3) is 0.667. The van der Waals surface area contributed by atoms with Gasteiger partial charge in [0, 0.05) is 12.5 Å². The van der Waals surface area contributed by atoms with E-state index < -0.39 is 6.10 Å². The normalized spacial score (nSPS) is 15.6. The van der Waals surface area contributed by atoms with Gasteiger partial charge < -0.3 is 15.3 Å². The summed E-state index contributed by atoms with van der Waals surface area (Å²) in [6.07, 6.45) is 0.947. The first kappa shape index (κ1) is 12.3. The Morgan fingerprint density at radius 3 is 2.53 bits per heavy atom. The molecule has 0 spiro atoms. The quantitative estimate of drug-likeness (QED) is 0.785. The lowest BCUT2D eigenvalue weighted by atomic mass is 9.99. The van der Waals surface area contributed by atoms with Crippen molar-refractivity contribution in [1.29, 1.82) is 0 Å². The van der Waals surface area contributed by atoms with Crippen LogP contribution in [-0.2, 0) is 6.42 Å². The predicted octanol–water partition coefficient (Wildman–Crippen LogP) is 2.25. The number of rotatable bonds is 5. The maximum atomic E-state index is 9.93. The SMILES string of the molecule is CCc1ccc(C(O)C(N)CC(C)C)o1. The second-order valence-corrected chi connectivity index (χ2v) is 4.40. The van der Waals surface area contributed by atoms with Crippen LogP contribution in [0, 0.1) is 5.92 Å². The van der Waals surface area contributed by atoms with E-state index >= 15 is 0 Å². The van der Waals surface area contributed by atoms with Gasteiger partial charge in [0.1, 0.15) is 17.6 Å². The average molecular weight is 211 g/mol. The highest BCUT2D eigenvalue weighted by Crippen LogP contribution is 2.22. The third-order valence-corrected chi connectivity index (χ3v) is 2.47. The van der Waals surface area contributed by atoms with Crippen LogP contribution >= 0.6 is 0 Å². The molecule has 3 heteroatoms. The molecule has 0 amide bonds. The van der Waals surface area contributed by atoms with Crippen LogP contribution in [0.3, 0.4) is 0 Å². The third-order valence-electron chi connectivity index (χ3n) is 2.47. The summed E-state index contributed by atoms with van der Waals surface area (Å²) >= 11 is 0. The van der Waals surface area contributed by atoms with Crippen molar-refractivity contribution in [3.05, 3.63) is 23.7 Å². The molecular weight excluding hydrogens is 190 g/mol. The summed E-state index contributed by atoms with van der Waals surface area (Å²) in [6.45, 7) is 6.20. The number of hydrogen-bond acceptors (Lipinski definition) is 3. The standard InChI is InChI=1S/C12H21NO2/c1-4-9-5-6-11(15-9)12(14)10(13)7-8(2)3/h5-6,8,10,12,14H,4,7,13H2,1-3H3. The van der Waals surface area contributed by atoms with Gasteiger partial charge in [0.2, 0.25) is 0 Å². The van der Waals surface area contributed by atoms with E-state index in [9.17, 15) is 5.11 Å². The molecule has 0 aliphatic carbocycles. The zero-order chi connectivity index (χ0) is 11.4. The fourth-order valence-corrected chi connectivity index (χ4v) is 1.63. The van der Waals surface area contributed by atoms with Crippen LogP contribution in [0.15, 0.2) is 16.5 Å². The molecule has 0 aliphatic heterocycles. The predicted molar refractivity (Wildman–Crippen MR) is 60.5 cm³/mol. The molecule has 0 saturated heterocycles. The van der Waals surface area contributed by atoms with Gasteiger partial charge in [-0.25, -0.2) is 0 Å². The van der Waals surface area contributed by atoms with Crippen molar-refractivity contribution in [2.45, 2.75) is 45.8 Å². The average Bonchev–Trinajstić information content (AvgIpc) is 2.63. The first-order chi connectivity index (χ1) is 7.04. The van der Waals surface area contributed by atoms with Crippen LogP contribution in [0.5, 0.6) is 0 Å². The zero-order valence-electron chi connectivity index (χ0n) is 9.73. The minimum Gasteiger partial charge on any atom is -0.463 e. The molecule has 0 radical (unpaired) electrons. The van der Waals surface area contributed by atoms with E-state index in [4.69, 9.17) is 10.2 Å². The Labute approximate surface area is 91.3 Å². The fourth-order valence-electron chi connectivity index (χ4n) is 1.63. The van der Waals surface area contributed by atoms with Gasteiger partial charge in [-0.3, -0.25) is 0 Å². The summed E-state index contributed by atoms with van der Waals surface area (Å²) in [7, 11) is 0. The summed E-state index contributed by atoms with van der Waals surface area (Å²) in [6, 6.07) is 3.45. The van der Waals surface area contributed by atoms with Crippen molar-refractivity contribution in [3.8, 4) is 0 Å². The van der Waals surface area contributed by atoms with E-state index in [-0.39, 0.29) is 6.04 Å². The van der Waals surface area contributed by atoms with Gasteiger partial charge in [0.15, 0.2) is 0 Å². The van der Waals surface area contributed by atoms with Crippen molar-refractivity contribution in [2.75, 3.05) is 0 Å². The molecule has 2 unspecified atom stereocenters. The van der Waals surface area contributed by atoms with Crippen molar-refractivity contribution >= 4 is 0 Å². The summed E-state index contributed by atoms with van der Waals surface area (Å²) in [4.78, 5) is 0. The Hall–Kier alpha value is -0.800. The van der Waals surface area contributed by atoms with E-state index in [1.807, 2.05) is 19.1 Å². The molecule has 0 fully saturated rings. The Bertz CT molecular complexity index is 294. The monoisotopic (exact) mass is 211 g/mol. The highest BCUT2D eigenvalue weighted by atomic mass is 16.4. The van der Waals surface area contributed by atoms with Gasteiger partial charge in [-0.05, 0) is 24.5 Å². The zero-order valence-corrected chi connectivity index (χ0v) is 9.73. The van der Waals surface area contributed by atoms with Gasteiger partial charge in [0.05, 0.1) is 0 Å². The molecule has 1 aromatic heterocycles. The Kier molecular flexibility index (Phi) is 4.36. The Morgan fingerprint density at radius 2 is 2.07 bits per heavy atom. The smallest absolute Gasteiger partial charge is 0.134 e.